The van der Waals surface area contributed by atoms with E-state index in [1.54, 1.807) is 6.92 Å². The largest absolute Gasteiger partial charge is 0.494 e. The Morgan fingerprint density at radius 3 is 2.38 bits per heavy atom. The Bertz CT molecular complexity index is 243. The van der Waals surface area contributed by atoms with Gasteiger partial charge in [0.15, 0.2) is 0 Å². The Morgan fingerprint density at radius 1 is 1.31 bits per heavy atom. The first-order chi connectivity index (χ1) is 6.27. The number of hydrogen-bond donors (Lipinski definition) is 1. The van der Waals surface area contributed by atoms with Crippen molar-refractivity contribution in [1.29, 1.82) is 0 Å². The zero-order chi connectivity index (χ0) is 9.68. The minimum atomic E-state index is -0.296. The molecule has 0 fully saturated rings. The lowest BCUT2D eigenvalue weighted by molar-refractivity contribution is -0.277. The molecule has 3 nitrogen and oxygen atoms in total. The molecule has 1 N–H and O–H groups in total. The monoisotopic (exact) mass is 182 g/mol. The number of hydrogen-bond acceptors (Lipinski definition) is 3. The van der Waals surface area contributed by atoms with Crippen LogP contribution in [0.25, 0.3) is 0 Å². The quantitative estimate of drug-likeness (QED) is 0.574. The maximum absolute atomic E-state index is 8.43. The summed E-state index contributed by atoms with van der Waals surface area (Å²) in [5.74, 6) is 0.830. The predicted octanol–water partition coefficient (Wildman–Crippen LogP) is 2.64. The number of ether oxygens (including phenoxy) is 1. The molecule has 0 aliphatic carbocycles. The molecule has 1 unspecified atom stereocenters. The topological polar surface area (TPSA) is 38.7 Å². The van der Waals surface area contributed by atoms with Crippen molar-refractivity contribution in [3.8, 4) is 5.75 Å². The summed E-state index contributed by atoms with van der Waals surface area (Å²) in [6.45, 7) is 4.37. The molecule has 1 atom stereocenters. The zero-order valence-corrected chi connectivity index (χ0v) is 7.86. The van der Waals surface area contributed by atoms with Gasteiger partial charge in [-0.25, -0.2) is 4.89 Å². The predicted molar refractivity (Wildman–Crippen MR) is 49.7 cm³/mol. The molecule has 0 aliphatic rings. The van der Waals surface area contributed by atoms with Crippen LogP contribution in [0.5, 0.6) is 5.75 Å². The Kier molecular flexibility index (Phi) is 3.73. The first-order valence-corrected chi connectivity index (χ1v) is 4.31. The summed E-state index contributed by atoms with van der Waals surface area (Å²) in [6, 6.07) is 7.44. The molecule has 0 amide bonds. The van der Waals surface area contributed by atoms with Gasteiger partial charge in [0.2, 0.25) is 0 Å². The lowest BCUT2D eigenvalue weighted by atomic mass is 10.1. The summed E-state index contributed by atoms with van der Waals surface area (Å²) in [6.07, 6.45) is -0.296. The van der Waals surface area contributed by atoms with E-state index in [0.717, 1.165) is 11.3 Å². The van der Waals surface area contributed by atoms with E-state index >= 15 is 0 Å². The van der Waals surface area contributed by atoms with Crippen LogP contribution in [0, 0.1) is 0 Å². The molecule has 0 bridgehead atoms. The molecule has 0 radical (unpaired) electrons. The minimum absolute atomic E-state index is 0.296. The Morgan fingerprint density at radius 2 is 1.92 bits per heavy atom. The second kappa shape index (κ2) is 4.84. The van der Waals surface area contributed by atoms with Crippen molar-refractivity contribution in [3.63, 3.8) is 0 Å². The lowest BCUT2D eigenvalue weighted by Gasteiger charge is -2.08. The molecule has 1 aromatic rings. The van der Waals surface area contributed by atoms with Crippen LogP contribution in [0.3, 0.4) is 0 Å². The van der Waals surface area contributed by atoms with Crippen LogP contribution in [0.15, 0.2) is 24.3 Å². The van der Waals surface area contributed by atoms with Gasteiger partial charge in [0.25, 0.3) is 0 Å². The van der Waals surface area contributed by atoms with E-state index < -0.39 is 0 Å². The molecular weight excluding hydrogens is 168 g/mol. The van der Waals surface area contributed by atoms with Gasteiger partial charge >= 0.3 is 0 Å². The van der Waals surface area contributed by atoms with Gasteiger partial charge in [0.05, 0.1) is 6.61 Å². The van der Waals surface area contributed by atoms with Gasteiger partial charge in [-0.3, -0.25) is 5.26 Å². The van der Waals surface area contributed by atoms with Crippen LogP contribution >= 0.6 is 0 Å². The average molecular weight is 182 g/mol. The molecule has 0 spiro atoms. The third kappa shape index (κ3) is 2.72. The summed E-state index contributed by atoms with van der Waals surface area (Å²) in [4.78, 5) is 4.20. The lowest BCUT2D eigenvalue weighted by Crippen LogP contribution is -1.96. The fourth-order valence-corrected chi connectivity index (χ4v) is 1.06. The molecule has 3 heteroatoms. The van der Waals surface area contributed by atoms with E-state index in [1.807, 2.05) is 31.2 Å². The molecule has 0 saturated carbocycles. The van der Waals surface area contributed by atoms with Crippen molar-refractivity contribution in [2.75, 3.05) is 6.61 Å². The molecule has 1 aromatic carbocycles. The minimum Gasteiger partial charge on any atom is -0.494 e. The van der Waals surface area contributed by atoms with Crippen molar-refractivity contribution in [2.24, 2.45) is 0 Å². The van der Waals surface area contributed by atoms with Crippen molar-refractivity contribution < 1.29 is 14.9 Å². The highest BCUT2D eigenvalue weighted by molar-refractivity contribution is 5.28. The van der Waals surface area contributed by atoms with E-state index in [4.69, 9.17) is 9.99 Å². The fraction of sp³-hybridized carbons (Fsp3) is 0.400. The summed E-state index contributed by atoms with van der Waals surface area (Å²) >= 11 is 0. The van der Waals surface area contributed by atoms with Gasteiger partial charge in [0, 0.05) is 0 Å². The Hall–Kier alpha value is -1.06. The second-order valence-corrected chi connectivity index (χ2v) is 2.75. The maximum Gasteiger partial charge on any atom is 0.119 e. The normalized spacial score (nSPS) is 12.5. The number of rotatable bonds is 4. The number of benzene rings is 1. The van der Waals surface area contributed by atoms with Gasteiger partial charge in [-0.15, -0.1) is 0 Å². The van der Waals surface area contributed by atoms with Gasteiger partial charge < -0.3 is 4.74 Å². The van der Waals surface area contributed by atoms with Crippen molar-refractivity contribution in [2.45, 2.75) is 20.0 Å². The molecular formula is C10H14O3. The third-order valence-electron chi connectivity index (χ3n) is 1.82. The van der Waals surface area contributed by atoms with Crippen LogP contribution in [0.4, 0.5) is 0 Å². The summed E-state index contributed by atoms with van der Waals surface area (Å²) in [7, 11) is 0. The SMILES string of the molecule is CCOc1ccc(C(C)OO)cc1. The highest BCUT2D eigenvalue weighted by Crippen LogP contribution is 2.19. The van der Waals surface area contributed by atoms with E-state index in [0.29, 0.717) is 6.61 Å². The maximum atomic E-state index is 8.43. The molecule has 0 aliphatic heterocycles. The highest BCUT2D eigenvalue weighted by atomic mass is 17.1. The zero-order valence-electron chi connectivity index (χ0n) is 7.86. The van der Waals surface area contributed by atoms with Gasteiger partial charge in [-0.2, -0.15) is 0 Å². The Labute approximate surface area is 77.8 Å². The van der Waals surface area contributed by atoms with Crippen molar-refractivity contribution >= 4 is 0 Å². The second-order valence-electron chi connectivity index (χ2n) is 2.75. The average Bonchev–Trinajstić information content (AvgIpc) is 2.18. The van der Waals surface area contributed by atoms with E-state index in [1.165, 1.54) is 0 Å². The van der Waals surface area contributed by atoms with Gasteiger partial charge in [-0.05, 0) is 31.5 Å². The summed E-state index contributed by atoms with van der Waals surface area (Å²) in [5, 5.41) is 8.43. The molecule has 13 heavy (non-hydrogen) atoms. The van der Waals surface area contributed by atoms with Gasteiger partial charge in [0.1, 0.15) is 11.9 Å². The van der Waals surface area contributed by atoms with E-state index in [2.05, 4.69) is 4.89 Å². The van der Waals surface area contributed by atoms with E-state index in [-0.39, 0.29) is 6.10 Å². The smallest absolute Gasteiger partial charge is 0.119 e. The van der Waals surface area contributed by atoms with Crippen LogP contribution < -0.4 is 4.74 Å². The van der Waals surface area contributed by atoms with E-state index in [9.17, 15) is 0 Å². The fourth-order valence-electron chi connectivity index (χ4n) is 1.06. The van der Waals surface area contributed by atoms with Crippen LogP contribution in [-0.2, 0) is 4.89 Å². The van der Waals surface area contributed by atoms with Crippen molar-refractivity contribution in [1.82, 2.24) is 0 Å². The van der Waals surface area contributed by atoms with Crippen LogP contribution in [0.2, 0.25) is 0 Å². The molecule has 1 rings (SSSR count). The first-order valence-electron chi connectivity index (χ1n) is 4.31. The highest BCUT2D eigenvalue weighted by Gasteiger charge is 2.04. The molecule has 72 valence electrons. The molecule has 0 saturated heterocycles. The van der Waals surface area contributed by atoms with Crippen LogP contribution in [0.1, 0.15) is 25.5 Å². The first kappa shape index (κ1) is 10.0. The molecule has 0 aromatic heterocycles. The van der Waals surface area contributed by atoms with Crippen molar-refractivity contribution in [3.05, 3.63) is 29.8 Å². The Balaban J connectivity index is 2.69. The summed E-state index contributed by atoms with van der Waals surface area (Å²) in [5.41, 5.74) is 0.922. The third-order valence-corrected chi connectivity index (χ3v) is 1.82. The standard InChI is InChI=1S/C10H14O3/c1-3-12-10-6-4-9(5-7-10)8(2)13-11/h4-8,11H,3H2,1-2H3. The summed E-state index contributed by atoms with van der Waals surface area (Å²) < 4.78 is 5.27. The molecule has 0 heterocycles. The van der Waals surface area contributed by atoms with Gasteiger partial charge in [-0.1, -0.05) is 12.1 Å². The van der Waals surface area contributed by atoms with Crippen LogP contribution in [-0.4, -0.2) is 11.9 Å².